The summed E-state index contributed by atoms with van der Waals surface area (Å²) < 4.78 is 0.973. The average Bonchev–Trinajstić information content (AvgIpc) is 2.31. The summed E-state index contributed by atoms with van der Waals surface area (Å²) >= 11 is 3.39. The van der Waals surface area contributed by atoms with Crippen molar-refractivity contribution in [1.82, 2.24) is 10.6 Å². The summed E-state index contributed by atoms with van der Waals surface area (Å²) in [7, 11) is 0. The molecule has 2 N–H and O–H groups in total. The van der Waals surface area contributed by atoms with Crippen LogP contribution in [0, 0.1) is 6.92 Å². The molecule has 0 atom stereocenters. The normalized spacial score (nSPS) is 10.4. The fourth-order valence-corrected chi connectivity index (χ4v) is 1.82. The number of halogens is 1. The van der Waals surface area contributed by atoms with E-state index in [0.29, 0.717) is 18.5 Å². The Balaban J connectivity index is 2.43. The van der Waals surface area contributed by atoms with E-state index in [-0.39, 0.29) is 17.9 Å². The molecule has 0 fully saturated rings. The second-order valence-corrected chi connectivity index (χ2v) is 5.55. The smallest absolute Gasteiger partial charge is 0.251 e. The minimum absolute atomic E-state index is 0.0534. The van der Waals surface area contributed by atoms with Crippen molar-refractivity contribution in [2.24, 2.45) is 0 Å². The molecule has 0 heterocycles. The lowest BCUT2D eigenvalue weighted by Gasteiger charge is -2.09. The van der Waals surface area contributed by atoms with Gasteiger partial charge in [-0.1, -0.05) is 15.9 Å². The van der Waals surface area contributed by atoms with Gasteiger partial charge in [-0.25, -0.2) is 0 Å². The maximum Gasteiger partial charge on any atom is 0.251 e. The van der Waals surface area contributed by atoms with Crippen LogP contribution in [0.3, 0.4) is 0 Å². The van der Waals surface area contributed by atoms with E-state index < -0.39 is 0 Å². The van der Waals surface area contributed by atoms with Crippen LogP contribution in [0.2, 0.25) is 0 Å². The monoisotopic (exact) mass is 326 g/mol. The van der Waals surface area contributed by atoms with Gasteiger partial charge in [-0.3, -0.25) is 9.59 Å². The SMILES string of the molecule is Cc1cc(C(=O)NCCC(=O)NC(C)C)ccc1Br. The van der Waals surface area contributed by atoms with E-state index in [1.54, 1.807) is 6.07 Å². The molecule has 0 aliphatic heterocycles. The molecule has 104 valence electrons. The molecule has 4 nitrogen and oxygen atoms in total. The highest BCUT2D eigenvalue weighted by Crippen LogP contribution is 2.16. The molecule has 1 aromatic rings. The van der Waals surface area contributed by atoms with Crippen molar-refractivity contribution in [1.29, 1.82) is 0 Å². The lowest BCUT2D eigenvalue weighted by molar-refractivity contribution is -0.121. The number of rotatable bonds is 5. The number of hydrogen-bond acceptors (Lipinski definition) is 2. The van der Waals surface area contributed by atoms with Gasteiger partial charge in [-0.15, -0.1) is 0 Å². The third kappa shape index (κ3) is 5.42. The Labute approximate surface area is 122 Å². The van der Waals surface area contributed by atoms with Gasteiger partial charge in [-0.05, 0) is 44.5 Å². The van der Waals surface area contributed by atoms with Crippen LogP contribution in [0.15, 0.2) is 22.7 Å². The van der Waals surface area contributed by atoms with Crippen LogP contribution < -0.4 is 10.6 Å². The minimum Gasteiger partial charge on any atom is -0.354 e. The number of aryl methyl sites for hydroxylation is 1. The van der Waals surface area contributed by atoms with Gasteiger partial charge in [-0.2, -0.15) is 0 Å². The van der Waals surface area contributed by atoms with Crippen LogP contribution >= 0.6 is 15.9 Å². The van der Waals surface area contributed by atoms with E-state index >= 15 is 0 Å². The van der Waals surface area contributed by atoms with E-state index in [9.17, 15) is 9.59 Å². The van der Waals surface area contributed by atoms with Crippen LogP contribution in [-0.4, -0.2) is 24.4 Å². The molecular formula is C14H19BrN2O2. The minimum atomic E-state index is -0.159. The van der Waals surface area contributed by atoms with Crippen LogP contribution in [0.4, 0.5) is 0 Å². The Morgan fingerprint density at radius 2 is 2.00 bits per heavy atom. The molecule has 0 saturated heterocycles. The first-order chi connectivity index (χ1) is 8.90. The molecule has 0 spiro atoms. The van der Waals surface area contributed by atoms with E-state index in [4.69, 9.17) is 0 Å². The molecule has 0 bridgehead atoms. The third-order valence-corrected chi connectivity index (χ3v) is 3.40. The van der Waals surface area contributed by atoms with Crippen molar-refractivity contribution in [3.8, 4) is 0 Å². The largest absolute Gasteiger partial charge is 0.354 e. The zero-order valence-corrected chi connectivity index (χ0v) is 13.0. The molecule has 5 heteroatoms. The van der Waals surface area contributed by atoms with Gasteiger partial charge >= 0.3 is 0 Å². The number of carbonyl (C=O) groups excluding carboxylic acids is 2. The number of carbonyl (C=O) groups is 2. The highest BCUT2D eigenvalue weighted by molar-refractivity contribution is 9.10. The maximum absolute atomic E-state index is 11.9. The van der Waals surface area contributed by atoms with Gasteiger partial charge in [0.1, 0.15) is 0 Å². The summed E-state index contributed by atoms with van der Waals surface area (Å²) in [6.45, 7) is 6.08. The second-order valence-electron chi connectivity index (χ2n) is 4.69. The summed E-state index contributed by atoms with van der Waals surface area (Å²) in [5.74, 6) is -0.213. The Morgan fingerprint density at radius 3 is 2.58 bits per heavy atom. The Kier molecular flexibility index (Phi) is 6.02. The van der Waals surface area contributed by atoms with Crippen LogP contribution in [0.1, 0.15) is 36.2 Å². The van der Waals surface area contributed by atoms with Crippen LogP contribution in [0.5, 0.6) is 0 Å². The molecule has 2 amide bonds. The van der Waals surface area contributed by atoms with Gasteiger partial charge in [0, 0.05) is 29.0 Å². The van der Waals surface area contributed by atoms with Crippen molar-refractivity contribution in [3.05, 3.63) is 33.8 Å². The number of amides is 2. The van der Waals surface area contributed by atoms with Crippen molar-refractivity contribution in [2.75, 3.05) is 6.54 Å². The Bertz CT molecular complexity index is 473. The molecule has 0 aliphatic carbocycles. The quantitative estimate of drug-likeness (QED) is 0.872. The standard InChI is InChI=1S/C14H19BrN2O2/c1-9(2)17-13(18)6-7-16-14(19)11-4-5-12(15)10(3)8-11/h4-5,8-9H,6-7H2,1-3H3,(H,16,19)(H,17,18). The first kappa shape index (κ1) is 15.7. The molecule has 0 saturated carbocycles. The zero-order valence-electron chi connectivity index (χ0n) is 11.4. The summed E-state index contributed by atoms with van der Waals surface area (Å²) in [5.41, 5.74) is 1.61. The highest BCUT2D eigenvalue weighted by atomic mass is 79.9. The van der Waals surface area contributed by atoms with Crippen LogP contribution in [0.25, 0.3) is 0 Å². The third-order valence-electron chi connectivity index (χ3n) is 2.51. The summed E-state index contributed by atoms with van der Waals surface area (Å²) in [4.78, 5) is 23.3. The molecular weight excluding hydrogens is 308 g/mol. The predicted molar refractivity (Wildman–Crippen MR) is 79.1 cm³/mol. The summed E-state index contributed by atoms with van der Waals surface area (Å²) in [6, 6.07) is 5.53. The maximum atomic E-state index is 11.9. The van der Waals surface area contributed by atoms with Crippen molar-refractivity contribution < 1.29 is 9.59 Å². The second kappa shape index (κ2) is 7.28. The summed E-state index contributed by atoms with van der Waals surface area (Å²) in [5, 5.41) is 5.51. The van der Waals surface area contributed by atoms with Gasteiger partial charge in [0.15, 0.2) is 0 Å². The van der Waals surface area contributed by atoms with E-state index in [0.717, 1.165) is 10.0 Å². The fraction of sp³-hybridized carbons (Fsp3) is 0.429. The molecule has 0 radical (unpaired) electrons. The molecule has 1 aromatic carbocycles. The Hall–Kier alpha value is -1.36. The number of nitrogens with one attached hydrogen (secondary N) is 2. The van der Waals surface area contributed by atoms with Gasteiger partial charge < -0.3 is 10.6 Å². The molecule has 0 unspecified atom stereocenters. The first-order valence-corrected chi connectivity index (χ1v) is 7.03. The van der Waals surface area contributed by atoms with Crippen molar-refractivity contribution in [3.63, 3.8) is 0 Å². The first-order valence-electron chi connectivity index (χ1n) is 6.24. The van der Waals surface area contributed by atoms with E-state index in [2.05, 4.69) is 26.6 Å². The Morgan fingerprint density at radius 1 is 1.32 bits per heavy atom. The summed E-state index contributed by atoms with van der Waals surface area (Å²) in [6.07, 6.45) is 0.291. The van der Waals surface area contributed by atoms with Crippen molar-refractivity contribution >= 4 is 27.7 Å². The predicted octanol–water partition coefficient (Wildman–Crippen LogP) is 2.40. The number of benzene rings is 1. The molecule has 0 aromatic heterocycles. The van der Waals surface area contributed by atoms with E-state index in [1.165, 1.54) is 0 Å². The lowest BCUT2D eigenvalue weighted by Crippen LogP contribution is -2.34. The van der Waals surface area contributed by atoms with Gasteiger partial charge in [0.2, 0.25) is 5.91 Å². The average molecular weight is 327 g/mol. The molecule has 19 heavy (non-hydrogen) atoms. The van der Waals surface area contributed by atoms with Crippen LogP contribution in [-0.2, 0) is 4.79 Å². The topological polar surface area (TPSA) is 58.2 Å². The highest BCUT2D eigenvalue weighted by Gasteiger charge is 2.08. The lowest BCUT2D eigenvalue weighted by atomic mass is 10.1. The van der Waals surface area contributed by atoms with Gasteiger partial charge in [0.05, 0.1) is 0 Å². The van der Waals surface area contributed by atoms with Gasteiger partial charge in [0.25, 0.3) is 5.91 Å². The fourth-order valence-electron chi connectivity index (χ4n) is 1.57. The van der Waals surface area contributed by atoms with Crippen molar-refractivity contribution in [2.45, 2.75) is 33.2 Å². The van der Waals surface area contributed by atoms with E-state index in [1.807, 2.05) is 32.9 Å². The molecule has 0 aliphatic rings. The molecule has 1 rings (SSSR count). The number of hydrogen-bond donors (Lipinski definition) is 2. The zero-order chi connectivity index (χ0) is 14.4.